The fourth-order valence-corrected chi connectivity index (χ4v) is 1.89. The summed E-state index contributed by atoms with van der Waals surface area (Å²) in [5, 5.41) is 0. The standard InChI is InChI=1S/C9H10O3S/c1-3-8-5-4-6-9(7(8)2)13(10,11)12/h3-6H,1H2,2H3,(H,10,11,12). The van der Waals surface area contributed by atoms with Crippen molar-refractivity contribution in [3.8, 4) is 0 Å². The largest absolute Gasteiger partial charge is 0.294 e. The number of rotatable bonds is 2. The van der Waals surface area contributed by atoms with E-state index in [1.165, 1.54) is 6.07 Å². The first-order chi connectivity index (χ1) is 5.96. The Bertz CT molecular complexity index is 432. The van der Waals surface area contributed by atoms with E-state index in [4.69, 9.17) is 4.55 Å². The summed E-state index contributed by atoms with van der Waals surface area (Å²) >= 11 is 0. The minimum absolute atomic E-state index is 0.0649. The summed E-state index contributed by atoms with van der Waals surface area (Å²) in [6.07, 6.45) is 1.55. The Morgan fingerprint density at radius 1 is 1.46 bits per heavy atom. The molecule has 0 aliphatic carbocycles. The smallest absolute Gasteiger partial charge is 0.282 e. The molecule has 1 aromatic rings. The lowest BCUT2D eigenvalue weighted by Crippen LogP contribution is -2.01. The minimum atomic E-state index is -4.11. The minimum Gasteiger partial charge on any atom is -0.282 e. The zero-order valence-corrected chi connectivity index (χ0v) is 8.00. The molecule has 0 atom stereocenters. The highest BCUT2D eigenvalue weighted by atomic mass is 32.2. The molecule has 4 heteroatoms. The van der Waals surface area contributed by atoms with Gasteiger partial charge in [-0.3, -0.25) is 4.55 Å². The van der Waals surface area contributed by atoms with Crippen LogP contribution in [0.15, 0.2) is 29.7 Å². The Labute approximate surface area is 77.5 Å². The van der Waals surface area contributed by atoms with E-state index in [1.54, 1.807) is 25.1 Å². The van der Waals surface area contributed by atoms with Crippen molar-refractivity contribution in [3.63, 3.8) is 0 Å². The van der Waals surface area contributed by atoms with Gasteiger partial charge >= 0.3 is 0 Å². The van der Waals surface area contributed by atoms with Gasteiger partial charge in [-0.15, -0.1) is 0 Å². The zero-order chi connectivity index (χ0) is 10.1. The summed E-state index contributed by atoms with van der Waals surface area (Å²) in [6, 6.07) is 4.65. The van der Waals surface area contributed by atoms with Crippen molar-refractivity contribution in [3.05, 3.63) is 35.9 Å². The Hall–Kier alpha value is -1.13. The van der Waals surface area contributed by atoms with E-state index in [2.05, 4.69) is 6.58 Å². The highest BCUT2D eigenvalue weighted by molar-refractivity contribution is 7.85. The molecule has 1 rings (SSSR count). The molecule has 13 heavy (non-hydrogen) atoms. The summed E-state index contributed by atoms with van der Waals surface area (Å²) in [5.74, 6) is 0. The average molecular weight is 198 g/mol. The summed E-state index contributed by atoms with van der Waals surface area (Å²) in [5.41, 5.74) is 1.22. The number of hydrogen-bond donors (Lipinski definition) is 1. The van der Waals surface area contributed by atoms with Crippen LogP contribution in [0.4, 0.5) is 0 Å². The Morgan fingerprint density at radius 3 is 2.54 bits per heavy atom. The van der Waals surface area contributed by atoms with Crippen LogP contribution in [0.5, 0.6) is 0 Å². The van der Waals surface area contributed by atoms with E-state index >= 15 is 0 Å². The Balaban J connectivity index is 3.50. The van der Waals surface area contributed by atoms with Gasteiger partial charge in [0.25, 0.3) is 10.1 Å². The third kappa shape index (κ3) is 1.96. The van der Waals surface area contributed by atoms with Crippen molar-refractivity contribution >= 4 is 16.2 Å². The van der Waals surface area contributed by atoms with Gasteiger partial charge in [0.05, 0.1) is 4.90 Å². The quantitative estimate of drug-likeness (QED) is 0.738. The lowest BCUT2D eigenvalue weighted by molar-refractivity contribution is 0.482. The van der Waals surface area contributed by atoms with Crippen LogP contribution in [0.3, 0.4) is 0 Å². The molecule has 0 bridgehead atoms. The van der Waals surface area contributed by atoms with E-state index in [1.807, 2.05) is 0 Å². The second-order valence-electron chi connectivity index (χ2n) is 2.65. The molecule has 0 aliphatic heterocycles. The average Bonchev–Trinajstić information content (AvgIpc) is 2.02. The van der Waals surface area contributed by atoms with Crippen LogP contribution in [-0.2, 0) is 10.1 Å². The molecular formula is C9H10O3S. The van der Waals surface area contributed by atoms with Crippen molar-refractivity contribution in [2.24, 2.45) is 0 Å². The van der Waals surface area contributed by atoms with Crippen molar-refractivity contribution in [1.82, 2.24) is 0 Å². The maximum Gasteiger partial charge on any atom is 0.294 e. The van der Waals surface area contributed by atoms with Crippen LogP contribution >= 0.6 is 0 Å². The molecule has 0 aromatic heterocycles. The van der Waals surface area contributed by atoms with Crippen molar-refractivity contribution < 1.29 is 13.0 Å². The third-order valence-corrected chi connectivity index (χ3v) is 2.82. The summed E-state index contributed by atoms with van der Waals surface area (Å²) < 4.78 is 30.5. The number of benzene rings is 1. The molecule has 3 nitrogen and oxygen atoms in total. The molecule has 0 radical (unpaired) electrons. The van der Waals surface area contributed by atoms with Gasteiger partial charge in [-0.2, -0.15) is 8.42 Å². The fourth-order valence-electron chi connectivity index (χ4n) is 1.13. The lowest BCUT2D eigenvalue weighted by atomic mass is 10.1. The van der Waals surface area contributed by atoms with E-state index in [9.17, 15) is 8.42 Å². The SMILES string of the molecule is C=Cc1cccc(S(=O)(=O)O)c1C. The topological polar surface area (TPSA) is 54.4 Å². The molecule has 0 fully saturated rings. The van der Waals surface area contributed by atoms with E-state index < -0.39 is 10.1 Å². The van der Waals surface area contributed by atoms with E-state index in [-0.39, 0.29) is 4.90 Å². The molecule has 1 aromatic carbocycles. The van der Waals surface area contributed by atoms with Gasteiger partial charge in [-0.25, -0.2) is 0 Å². The highest BCUT2D eigenvalue weighted by Crippen LogP contribution is 2.18. The molecule has 0 aliphatic rings. The maximum atomic E-state index is 10.8. The molecule has 0 saturated heterocycles. The van der Waals surface area contributed by atoms with Gasteiger partial charge in [0.1, 0.15) is 0 Å². The molecule has 0 heterocycles. The van der Waals surface area contributed by atoms with Gasteiger partial charge in [-0.1, -0.05) is 24.8 Å². The first-order valence-corrected chi connectivity index (χ1v) is 5.10. The maximum absolute atomic E-state index is 10.8. The van der Waals surface area contributed by atoms with Gasteiger partial charge in [0.2, 0.25) is 0 Å². The van der Waals surface area contributed by atoms with Crippen LogP contribution in [0.25, 0.3) is 6.08 Å². The molecule has 1 N–H and O–H groups in total. The predicted octanol–water partition coefficient (Wildman–Crippen LogP) is 1.88. The molecule has 0 amide bonds. The summed E-state index contributed by atoms with van der Waals surface area (Å²) in [4.78, 5) is -0.0649. The van der Waals surface area contributed by atoms with Gasteiger partial charge < -0.3 is 0 Å². The lowest BCUT2D eigenvalue weighted by Gasteiger charge is -2.04. The van der Waals surface area contributed by atoms with Gasteiger partial charge in [-0.05, 0) is 24.1 Å². The molecule has 70 valence electrons. The van der Waals surface area contributed by atoms with Crippen LogP contribution in [0, 0.1) is 6.92 Å². The Kier molecular flexibility index (Phi) is 2.54. The zero-order valence-electron chi connectivity index (χ0n) is 7.19. The first kappa shape index (κ1) is 9.95. The number of hydrogen-bond acceptors (Lipinski definition) is 2. The monoisotopic (exact) mass is 198 g/mol. The third-order valence-electron chi connectivity index (χ3n) is 1.82. The summed E-state index contributed by atoms with van der Waals surface area (Å²) in [6.45, 7) is 5.16. The van der Waals surface area contributed by atoms with E-state index in [0.29, 0.717) is 11.1 Å². The molecular weight excluding hydrogens is 188 g/mol. The predicted molar refractivity (Wildman–Crippen MR) is 51.1 cm³/mol. The van der Waals surface area contributed by atoms with Crippen molar-refractivity contribution in [2.45, 2.75) is 11.8 Å². The Morgan fingerprint density at radius 2 is 2.08 bits per heavy atom. The molecule has 0 saturated carbocycles. The van der Waals surface area contributed by atoms with Crippen LogP contribution in [-0.4, -0.2) is 13.0 Å². The van der Waals surface area contributed by atoms with Crippen LogP contribution in [0.1, 0.15) is 11.1 Å². The van der Waals surface area contributed by atoms with E-state index in [0.717, 1.165) is 0 Å². The van der Waals surface area contributed by atoms with Gasteiger partial charge in [0.15, 0.2) is 0 Å². The van der Waals surface area contributed by atoms with Gasteiger partial charge in [0, 0.05) is 0 Å². The fraction of sp³-hybridized carbons (Fsp3) is 0.111. The summed E-state index contributed by atoms with van der Waals surface area (Å²) in [7, 11) is -4.11. The second kappa shape index (κ2) is 3.32. The second-order valence-corrected chi connectivity index (χ2v) is 4.04. The molecule has 0 spiro atoms. The first-order valence-electron chi connectivity index (χ1n) is 3.66. The normalized spacial score (nSPS) is 11.2. The van der Waals surface area contributed by atoms with Crippen LogP contribution in [0.2, 0.25) is 0 Å². The molecule has 0 unspecified atom stereocenters. The van der Waals surface area contributed by atoms with Crippen molar-refractivity contribution in [1.29, 1.82) is 0 Å². The highest BCUT2D eigenvalue weighted by Gasteiger charge is 2.13. The van der Waals surface area contributed by atoms with Crippen molar-refractivity contribution in [2.75, 3.05) is 0 Å². The van der Waals surface area contributed by atoms with Crippen LogP contribution < -0.4 is 0 Å².